The van der Waals surface area contributed by atoms with E-state index in [0.717, 1.165) is 18.5 Å². The molecule has 0 fully saturated rings. The number of ether oxygens (including phenoxy) is 1. The molecular weight excluding hydrogens is 194 g/mol. The number of aromatic nitrogens is 2. The number of aryl methyl sites for hydroxylation is 1. The van der Waals surface area contributed by atoms with Gasteiger partial charge in [-0.05, 0) is 12.8 Å². The van der Waals surface area contributed by atoms with Crippen LogP contribution in [-0.4, -0.2) is 29.2 Å². The average Bonchev–Trinajstić information content (AvgIpc) is 2.74. The quantitative estimate of drug-likeness (QED) is 0.547. The van der Waals surface area contributed by atoms with Gasteiger partial charge in [0.05, 0.1) is 12.0 Å². The van der Waals surface area contributed by atoms with Gasteiger partial charge >= 0.3 is 6.09 Å². The van der Waals surface area contributed by atoms with E-state index in [1.54, 1.807) is 6.33 Å². The molecule has 0 saturated heterocycles. The number of aromatic amines is 1. The highest BCUT2D eigenvalue weighted by molar-refractivity contribution is 5.67. The Morgan fingerprint density at radius 2 is 2.60 bits per heavy atom. The van der Waals surface area contributed by atoms with Crippen molar-refractivity contribution in [3.63, 3.8) is 0 Å². The Balaban J connectivity index is 2.01. The maximum atomic E-state index is 11.0. The van der Waals surface area contributed by atoms with Gasteiger partial charge in [0.15, 0.2) is 0 Å². The highest BCUT2D eigenvalue weighted by Crippen LogP contribution is 1.95. The van der Waals surface area contributed by atoms with Gasteiger partial charge in [0.25, 0.3) is 0 Å². The van der Waals surface area contributed by atoms with E-state index in [9.17, 15) is 4.79 Å². The summed E-state index contributed by atoms with van der Waals surface area (Å²) in [7, 11) is 0. The Bertz CT molecular complexity index is 296. The third kappa shape index (κ3) is 4.85. The van der Waals surface area contributed by atoms with Crippen LogP contribution >= 0.6 is 0 Å². The standard InChI is InChI=1S/C10H15N3O2/c1-2-6-15-10(14)12-5-3-4-9-7-11-8-13-9/h2,7-8H,1,3-6H2,(H,11,13)(H,12,14). The molecule has 0 radical (unpaired) electrons. The summed E-state index contributed by atoms with van der Waals surface area (Å²) in [5.41, 5.74) is 0.997. The van der Waals surface area contributed by atoms with Crippen LogP contribution in [0.1, 0.15) is 12.1 Å². The summed E-state index contributed by atoms with van der Waals surface area (Å²) in [4.78, 5) is 17.9. The van der Waals surface area contributed by atoms with Crippen molar-refractivity contribution in [1.29, 1.82) is 0 Å². The van der Waals surface area contributed by atoms with Gasteiger partial charge in [-0.3, -0.25) is 0 Å². The Labute approximate surface area is 88.6 Å². The summed E-state index contributed by atoms with van der Waals surface area (Å²) >= 11 is 0. The third-order valence-electron chi connectivity index (χ3n) is 1.77. The molecule has 0 aromatic carbocycles. The van der Waals surface area contributed by atoms with Gasteiger partial charge in [0, 0.05) is 12.7 Å². The van der Waals surface area contributed by atoms with Crippen LogP contribution in [0, 0.1) is 0 Å². The molecule has 82 valence electrons. The molecule has 0 atom stereocenters. The molecule has 1 amide bonds. The van der Waals surface area contributed by atoms with Crippen molar-refractivity contribution < 1.29 is 9.53 Å². The molecule has 0 aliphatic rings. The van der Waals surface area contributed by atoms with Gasteiger partial charge in [-0.1, -0.05) is 12.7 Å². The van der Waals surface area contributed by atoms with Crippen molar-refractivity contribution >= 4 is 6.09 Å². The molecular formula is C10H15N3O2. The van der Waals surface area contributed by atoms with Crippen molar-refractivity contribution in [3.05, 3.63) is 30.9 Å². The van der Waals surface area contributed by atoms with Gasteiger partial charge in [-0.15, -0.1) is 0 Å². The predicted molar refractivity (Wildman–Crippen MR) is 56.5 cm³/mol. The van der Waals surface area contributed by atoms with Crippen LogP contribution in [0.25, 0.3) is 0 Å². The van der Waals surface area contributed by atoms with Gasteiger partial charge in [-0.25, -0.2) is 9.78 Å². The molecule has 0 bridgehead atoms. The molecule has 0 spiro atoms. The van der Waals surface area contributed by atoms with E-state index in [0.29, 0.717) is 6.54 Å². The second kappa shape index (κ2) is 6.64. The fourth-order valence-corrected chi connectivity index (χ4v) is 1.07. The Morgan fingerprint density at radius 3 is 3.27 bits per heavy atom. The number of H-pyrrole nitrogens is 1. The summed E-state index contributed by atoms with van der Waals surface area (Å²) in [5.74, 6) is 0. The number of rotatable bonds is 6. The summed E-state index contributed by atoms with van der Waals surface area (Å²) in [6, 6.07) is 0. The molecule has 5 heteroatoms. The molecule has 0 aliphatic carbocycles. The molecule has 1 rings (SSSR count). The predicted octanol–water partition coefficient (Wildman–Crippen LogP) is 1.25. The minimum atomic E-state index is -0.406. The van der Waals surface area contributed by atoms with Crippen molar-refractivity contribution in [2.45, 2.75) is 12.8 Å². The average molecular weight is 209 g/mol. The smallest absolute Gasteiger partial charge is 0.407 e. The lowest BCUT2D eigenvalue weighted by Crippen LogP contribution is -2.25. The number of amides is 1. The van der Waals surface area contributed by atoms with Crippen molar-refractivity contribution in [2.24, 2.45) is 0 Å². The fourth-order valence-electron chi connectivity index (χ4n) is 1.07. The summed E-state index contributed by atoms with van der Waals surface area (Å²) in [5, 5.41) is 2.63. The molecule has 1 aromatic rings. The molecule has 1 heterocycles. The molecule has 1 aromatic heterocycles. The minimum absolute atomic E-state index is 0.241. The zero-order valence-electron chi connectivity index (χ0n) is 8.53. The first-order valence-corrected chi connectivity index (χ1v) is 4.82. The second-order valence-electron chi connectivity index (χ2n) is 2.98. The third-order valence-corrected chi connectivity index (χ3v) is 1.77. The van der Waals surface area contributed by atoms with Gasteiger partial charge < -0.3 is 15.0 Å². The van der Waals surface area contributed by atoms with Crippen LogP contribution in [0.15, 0.2) is 25.2 Å². The van der Waals surface area contributed by atoms with Crippen LogP contribution in [0.3, 0.4) is 0 Å². The number of nitrogens with zero attached hydrogens (tertiary/aromatic N) is 1. The molecule has 0 saturated carbocycles. The lowest BCUT2D eigenvalue weighted by molar-refractivity contribution is 0.158. The number of carbonyl (C=O) groups excluding carboxylic acids is 1. The van der Waals surface area contributed by atoms with E-state index in [2.05, 4.69) is 21.9 Å². The summed E-state index contributed by atoms with van der Waals surface area (Å²) < 4.78 is 4.74. The van der Waals surface area contributed by atoms with Crippen LogP contribution in [0.2, 0.25) is 0 Å². The maximum absolute atomic E-state index is 11.0. The number of nitrogens with one attached hydrogen (secondary N) is 2. The number of alkyl carbamates (subject to hydrolysis) is 1. The van der Waals surface area contributed by atoms with Gasteiger partial charge in [0.1, 0.15) is 6.61 Å². The van der Waals surface area contributed by atoms with Crippen LogP contribution in [0.4, 0.5) is 4.79 Å². The zero-order valence-corrected chi connectivity index (χ0v) is 8.53. The maximum Gasteiger partial charge on any atom is 0.407 e. The lowest BCUT2D eigenvalue weighted by atomic mass is 10.2. The van der Waals surface area contributed by atoms with E-state index in [1.165, 1.54) is 6.08 Å². The van der Waals surface area contributed by atoms with E-state index < -0.39 is 6.09 Å². The first-order chi connectivity index (χ1) is 7.33. The molecule has 0 aliphatic heterocycles. The lowest BCUT2D eigenvalue weighted by Gasteiger charge is -2.03. The number of carbonyl (C=O) groups is 1. The monoisotopic (exact) mass is 209 g/mol. The van der Waals surface area contributed by atoms with E-state index in [-0.39, 0.29) is 6.61 Å². The Morgan fingerprint density at radius 1 is 1.73 bits per heavy atom. The Hall–Kier alpha value is -1.78. The van der Waals surface area contributed by atoms with Crippen LogP contribution < -0.4 is 5.32 Å². The first-order valence-electron chi connectivity index (χ1n) is 4.82. The van der Waals surface area contributed by atoms with Crippen molar-refractivity contribution in [1.82, 2.24) is 15.3 Å². The van der Waals surface area contributed by atoms with Crippen LogP contribution in [-0.2, 0) is 11.2 Å². The number of imidazole rings is 1. The highest BCUT2D eigenvalue weighted by atomic mass is 16.5. The highest BCUT2D eigenvalue weighted by Gasteiger charge is 1.99. The van der Waals surface area contributed by atoms with E-state index >= 15 is 0 Å². The Kier molecular flexibility index (Phi) is 5.00. The largest absolute Gasteiger partial charge is 0.445 e. The number of hydrogen-bond donors (Lipinski definition) is 2. The second-order valence-corrected chi connectivity index (χ2v) is 2.98. The molecule has 15 heavy (non-hydrogen) atoms. The fraction of sp³-hybridized carbons (Fsp3) is 0.400. The van der Waals surface area contributed by atoms with E-state index in [1.807, 2.05) is 6.20 Å². The molecule has 0 unspecified atom stereocenters. The summed E-state index contributed by atoms with van der Waals surface area (Å²) in [6.45, 7) is 4.27. The minimum Gasteiger partial charge on any atom is -0.445 e. The van der Waals surface area contributed by atoms with Crippen LogP contribution in [0.5, 0.6) is 0 Å². The SMILES string of the molecule is C=CCOC(=O)NCCCc1c[nH]cn1. The molecule has 2 N–H and O–H groups in total. The number of hydrogen-bond acceptors (Lipinski definition) is 3. The van der Waals surface area contributed by atoms with Crippen molar-refractivity contribution in [3.8, 4) is 0 Å². The normalized spacial score (nSPS) is 9.60. The molecule has 5 nitrogen and oxygen atoms in total. The van der Waals surface area contributed by atoms with E-state index in [4.69, 9.17) is 4.74 Å². The summed E-state index contributed by atoms with van der Waals surface area (Å²) in [6.07, 6.45) is 6.29. The van der Waals surface area contributed by atoms with Gasteiger partial charge in [-0.2, -0.15) is 0 Å². The first kappa shape index (κ1) is 11.3. The topological polar surface area (TPSA) is 67.0 Å². The zero-order chi connectivity index (χ0) is 10.9. The van der Waals surface area contributed by atoms with Gasteiger partial charge in [0.2, 0.25) is 0 Å². The van der Waals surface area contributed by atoms with Crippen molar-refractivity contribution in [2.75, 3.05) is 13.2 Å².